The molecule has 1 unspecified atom stereocenters. The van der Waals surface area contributed by atoms with Crippen molar-refractivity contribution in [2.45, 2.75) is 16.8 Å². The third kappa shape index (κ3) is 2.30. The lowest BCUT2D eigenvalue weighted by atomic mass is 10.1. The minimum absolute atomic E-state index is 0.0657. The molecule has 106 valence electrons. The second-order valence-electron chi connectivity index (χ2n) is 4.50. The van der Waals surface area contributed by atoms with Gasteiger partial charge in [-0.25, -0.2) is 8.42 Å². The predicted octanol–water partition coefficient (Wildman–Crippen LogP) is 2.33. The van der Waals surface area contributed by atoms with Gasteiger partial charge in [-0.05, 0) is 25.1 Å². The molecule has 0 aliphatic heterocycles. The van der Waals surface area contributed by atoms with E-state index in [0.717, 1.165) is 0 Å². The highest BCUT2D eigenvalue weighted by Gasteiger charge is 2.41. The third-order valence-electron chi connectivity index (χ3n) is 3.18. The fraction of sp³-hybridized carbons (Fsp3) is 0.200. The van der Waals surface area contributed by atoms with Crippen LogP contribution < -0.4 is 4.74 Å². The Morgan fingerprint density at radius 2 is 1.55 bits per heavy atom. The first-order valence-electron chi connectivity index (χ1n) is 6.07. The molecule has 0 fully saturated rings. The molecular weight excluding hydrogens is 276 g/mol. The van der Waals surface area contributed by atoms with Crippen molar-refractivity contribution in [3.8, 4) is 5.75 Å². The Balaban J connectivity index is 2.60. The molecule has 20 heavy (non-hydrogen) atoms. The fourth-order valence-corrected chi connectivity index (χ4v) is 3.43. The molecule has 0 spiro atoms. The summed E-state index contributed by atoms with van der Waals surface area (Å²) in [4.78, 5) is -2.00. The molecule has 0 heterocycles. The number of para-hydroxylation sites is 1. The SMILES string of the molecule is COc1ccccc1C(C)(O)S(=O)(=O)c1ccccc1. The van der Waals surface area contributed by atoms with Gasteiger partial charge in [0.15, 0.2) is 4.93 Å². The Morgan fingerprint density at radius 1 is 1.00 bits per heavy atom. The van der Waals surface area contributed by atoms with Crippen LogP contribution in [0.3, 0.4) is 0 Å². The first-order chi connectivity index (χ1) is 9.41. The van der Waals surface area contributed by atoms with Gasteiger partial charge in [-0.1, -0.05) is 36.4 Å². The van der Waals surface area contributed by atoms with E-state index in [0.29, 0.717) is 5.75 Å². The molecule has 0 saturated carbocycles. The standard InChI is InChI=1S/C15H16O4S/c1-15(16,13-10-6-7-11-14(13)19-2)20(17,18)12-8-4-3-5-9-12/h3-11,16H,1-2H3. The van der Waals surface area contributed by atoms with Crippen LogP contribution >= 0.6 is 0 Å². The van der Waals surface area contributed by atoms with Crippen LogP contribution in [0.15, 0.2) is 59.5 Å². The van der Waals surface area contributed by atoms with Gasteiger partial charge in [0.2, 0.25) is 9.84 Å². The van der Waals surface area contributed by atoms with Crippen LogP contribution in [-0.4, -0.2) is 20.6 Å². The number of hydrogen-bond donors (Lipinski definition) is 1. The van der Waals surface area contributed by atoms with E-state index in [2.05, 4.69) is 0 Å². The first-order valence-corrected chi connectivity index (χ1v) is 7.55. The smallest absolute Gasteiger partial charge is 0.212 e. The van der Waals surface area contributed by atoms with Crippen LogP contribution in [0.2, 0.25) is 0 Å². The van der Waals surface area contributed by atoms with E-state index in [4.69, 9.17) is 4.74 Å². The van der Waals surface area contributed by atoms with Crippen LogP contribution in [0, 0.1) is 0 Å². The zero-order chi connectivity index (χ0) is 14.8. The second-order valence-corrected chi connectivity index (χ2v) is 6.77. The molecule has 0 aliphatic carbocycles. The summed E-state index contributed by atoms with van der Waals surface area (Å²) in [5.74, 6) is 0.331. The van der Waals surface area contributed by atoms with Crippen molar-refractivity contribution >= 4 is 9.84 Å². The maximum Gasteiger partial charge on any atom is 0.212 e. The second kappa shape index (κ2) is 5.26. The average Bonchev–Trinajstić information content (AvgIpc) is 2.47. The Kier molecular flexibility index (Phi) is 3.83. The van der Waals surface area contributed by atoms with Crippen LogP contribution in [-0.2, 0) is 14.8 Å². The zero-order valence-corrected chi connectivity index (χ0v) is 12.1. The summed E-state index contributed by atoms with van der Waals surface area (Å²) < 4.78 is 30.4. The quantitative estimate of drug-likeness (QED) is 0.939. The lowest BCUT2D eigenvalue weighted by molar-refractivity contribution is 0.141. The van der Waals surface area contributed by atoms with E-state index in [-0.39, 0.29) is 10.5 Å². The number of methoxy groups -OCH3 is 1. The summed E-state index contributed by atoms with van der Waals surface area (Å²) in [5.41, 5.74) is 0.214. The minimum Gasteiger partial charge on any atom is -0.496 e. The largest absolute Gasteiger partial charge is 0.496 e. The van der Waals surface area contributed by atoms with E-state index in [1.807, 2.05) is 0 Å². The van der Waals surface area contributed by atoms with Gasteiger partial charge in [-0.2, -0.15) is 0 Å². The summed E-state index contributed by atoms with van der Waals surface area (Å²) in [5, 5.41) is 10.6. The highest BCUT2D eigenvalue weighted by molar-refractivity contribution is 7.92. The normalized spacial score (nSPS) is 14.6. The number of sulfone groups is 1. The number of hydrogen-bond acceptors (Lipinski definition) is 4. The Hall–Kier alpha value is -1.85. The molecule has 0 amide bonds. The molecule has 1 N–H and O–H groups in total. The van der Waals surface area contributed by atoms with Crippen molar-refractivity contribution < 1.29 is 18.3 Å². The van der Waals surface area contributed by atoms with Crippen molar-refractivity contribution in [3.63, 3.8) is 0 Å². The summed E-state index contributed by atoms with van der Waals surface area (Å²) >= 11 is 0. The molecule has 0 saturated heterocycles. The van der Waals surface area contributed by atoms with Crippen molar-refractivity contribution in [1.82, 2.24) is 0 Å². The van der Waals surface area contributed by atoms with Crippen molar-refractivity contribution in [1.29, 1.82) is 0 Å². The molecule has 2 rings (SSSR count). The van der Waals surface area contributed by atoms with Crippen LogP contribution in [0.25, 0.3) is 0 Å². The molecule has 0 aliphatic rings. The molecule has 5 heteroatoms. The van der Waals surface area contributed by atoms with Gasteiger partial charge in [-0.3, -0.25) is 0 Å². The molecule has 1 atom stereocenters. The number of rotatable bonds is 4. The van der Waals surface area contributed by atoms with E-state index < -0.39 is 14.8 Å². The molecular formula is C15H16O4S. The number of benzene rings is 2. The zero-order valence-electron chi connectivity index (χ0n) is 11.3. The topological polar surface area (TPSA) is 63.6 Å². The maximum absolute atomic E-state index is 12.6. The summed E-state index contributed by atoms with van der Waals surface area (Å²) in [6.45, 7) is 1.26. The average molecular weight is 292 g/mol. The van der Waals surface area contributed by atoms with Gasteiger partial charge >= 0.3 is 0 Å². The number of aliphatic hydroxyl groups is 1. The molecule has 0 bridgehead atoms. The van der Waals surface area contributed by atoms with Crippen LogP contribution in [0.5, 0.6) is 5.75 Å². The van der Waals surface area contributed by atoms with Crippen LogP contribution in [0.4, 0.5) is 0 Å². The maximum atomic E-state index is 12.6. The summed E-state index contributed by atoms with van der Waals surface area (Å²) in [6, 6.07) is 14.4. The molecule has 0 aromatic heterocycles. The van der Waals surface area contributed by atoms with E-state index in [1.54, 1.807) is 42.5 Å². The molecule has 2 aromatic rings. The van der Waals surface area contributed by atoms with Crippen molar-refractivity contribution in [2.75, 3.05) is 7.11 Å². The lowest BCUT2D eigenvalue weighted by Gasteiger charge is -2.25. The molecule has 2 aromatic carbocycles. The fourth-order valence-electron chi connectivity index (χ4n) is 2.00. The minimum atomic E-state index is -3.95. The van der Waals surface area contributed by atoms with Gasteiger partial charge < -0.3 is 9.84 Å². The Bertz CT molecular complexity index is 691. The van der Waals surface area contributed by atoms with Gasteiger partial charge in [0.25, 0.3) is 0 Å². The number of ether oxygens (including phenoxy) is 1. The Labute approximate surface area is 118 Å². The van der Waals surface area contributed by atoms with Crippen molar-refractivity contribution in [2.24, 2.45) is 0 Å². The highest BCUT2D eigenvalue weighted by Crippen LogP contribution is 2.37. The molecule has 0 radical (unpaired) electrons. The van der Waals surface area contributed by atoms with Gasteiger partial charge in [0.05, 0.1) is 12.0 Å². The monoisotopic (exact) mass is 292 g/mol. The van der Waals surface area contributed by atoms with Crippen molar-refractivity contribution in [3.05, 3.63) is 60.2 Å². The summed E-state index contributed by atoms with van der Waals surface area (Å²) in [6.07, 6.45) is 0. The highest BCUT2D eigenvalue weighted by atomic mass is 32.2. The first kappa shape index (κ1) is 14.6. The van der Waals surface area contributed by atoms with Gasteiger partial charge in [0, 0.05) is 5.56 Å². The van der Waals surface area contributed by atoms with Crippen LogP contribution in [0.1, 0.15) is 12.5 Å². The van der Waals surface area contributed by atoms with E-state index in [1.165, 1.54) is 26.2 Å². The summed E-state index contributed by atoms with van der Waals surface area (Å²) in [7, 11) is -2.51. The van der Waals surface area contributed by atoms with E-state index >= 15 is 0 Å². The third-order valence-corrected chi connectivity index (χ3v) is 5.34. The Morgan fingerprint density at radius 3 is 2.15 bits per heavy atom. The predicted molar refractivity (Wildman–Crippen MR) is 76.2 cm³/mol. The van der Waals surface area contributed by atoms with Gasteiger partial charge in [-0.15, -0.1) is 0 Å². The molecule has 4 nitrogen and oxygen atoms in total. The van der Waals surface area contributed by atoms with E-state index in [9.17, 15) is 13.5 Å². The van der Waals surface area contributed by atoms with Gasteiger partial charge in [0.1, 0.15) is 5.75 Å². The lowest BCUT2D eigenvalue weighted by Crippen LogP contribution is -2.32.